The molecule has 0 unspecified atom stereocenters. The van der Waals surface area contributed by atoms with Crippen molar-refractivity contribution in [3.05, 3.63) is 10.8 Å². The van der Waals surface area contributed by atoms with Gasteiger partial charge in [0.15, 0.2) is 0 Å². The van der Waals surface area contributed by atoms with Gasteiger partial charge >= 0.3 is 0 Å². The summed E-state index contributed by atoms with van der Waals surface area (Å²) in [5.41, 5.74) is 0. The number of halogens is 1. The fourth-order valence-electron chi connectivity index (χ4n) is 0.691. The van der Waals surface area contributed by atoms with E-state index in [1.807, 2.05) is 0 Å². The van der Waals surface area contributed by atoms with Crippen LogP contribution in [0.15, 0.2) is 10.8 Å². The molecular weight excluding hydrogens is 194 g/mol. The van der Waals surface area contributed by atoms with Crippen molar-refractivity contribution in [3.63, 3.8) is 0 Å². The summed E-state index contributed by atoms with van der Waals surface area (Å²) in [6.07, 6.45) is 1.70. The molecule has 56 valence electrons. The van der Waals surface area contributed by atoms with Crippen LogP contribution in [0.4, 0.5) is 0 Å². The molecule has 0 radical (unpaired) electrons. The maximum atomic E-state index is 4.07. The Bertz CT molecular complexity index is 207. The number of nitrogens with zero attached hydrogens (tertiary/aromatic N) is 3. The molecular formula is C6H10BrN3. The lowest BCUT2D eigenvalue weighted by atomic mass is 10.2. The molecule has 1 aromatic heterocycles. The first-order valence-corrected chi connectivity index (χ1v) is 4.03. The lowest BCUT2D eigenvalue weighted by Crippen LogP contribution is -2.07. The van der Waals surface area contributed by atoms with Crippen molar-refractivity contribution in [3.8, 4) is 0 Å². The summed E-state index contributed by atoms with van der Waals surface area (Å²) < 4.78 is 0.799. The Labute approximate surface area is 68.6 Å². The Kier molecular flexibility index (Phi) is 2.43. The maximum absolute atomic E-state index is 4.07. The first-order chi connectivity index (χ1) is 4.68. The highest BCUT2D eigenvalue weighted by Crippen LogP contribution is 2.02. The van der Waals surface area contributed by atoms with Gasteiger partial charge in [-0.05, 0) is 21.8 Å². The molecule has 0 aliphatic rings. The normalized spacial score (nSPS) is 10.8. The third kappa shape index (κ3) is 2.10. The summed E-state index contributed by atoms with van der Waals surface area (Å²) in [7, 11) is 0. The molecule has 0 amide bonds. The zero-order chi connectivity index (χ0) is 7.56. The Hall–Kier alpha value is -0.380. The largest absolute Gasteiger partial charge is 0.184 e. The average molecular weight is 204 g/mol. The zero-order valence-electron chi connectivity index (χ0n) is 6.08. The molecule has 1 rings (SSSR count). The van der Waals surface area contributed by atoms with Crippen LogP contribution in [0, 0.1) is 5.92 Å². The van der Waals surface area contributed by atoms with Gasteiger partial charge in [-0.2, -0.15) is 9.90 Å². The Morgan fingerprint density at radius 3 is 2.80 bits per heavy atom. The fraction of sp³-hybridized carbons (Fsp3) is 0.667. The summed E-state index contributed by atoms with van der Waals surface area (Å²) in [6, 6.07) is 0. The quantitative estimate of drug-likeness (QED) is 0.733. The fourth-order valence-corrected chi connectivity index (χ4v) is 0.965. The average Bonchev–Trinajstić information content (AvgIpc) is 2.13. The molecule has 0 fully saturated rings. The SMILES string of the molecule is CC(C)Cn1ncc(Br)n1. The van der Waals surface area contributed by atoms with Gasteiger partial charge in [-0.25, -0.2) is 0 Å². The van der Waals surface area contributed by atoms with Gasteiger partial charge in [-0.15, -0.1) is 5.10 Å². The second-order valence-corrected chi connectivity index (χ2v) is 3.43. The minimum Gasteiger partial charge on any atom is -0.184 e. The van der Waals surface area contributed by atoms with Crippen LogP contribution in [0.3, 0.4) is 0 Å². The van der Waals surface area contributed by atoms with E-state index in [9.17, 15) is 0 Å². The van der Waals surface area contributed by atoms with Gasteiger partial charge in [0.2, 0.25) is 0 Å². The van der Waals surface area contributed by atoms with Crippen LogP contribution in [0.1, 0.15) is 13.8 Å². The third-order valence-corrected chi connectivity index (χ3v) is 1.40. The minimum atomic E-state index is 0.597. The standard InChI is InChI=1S/C6H10BrN3/c1-5(2)4-10-8-3-6(7)9-10/h3,5H,4H2,1-2H3. The molecule has 0 atom stereocenters. The molecule has 0 aromatic carbocycles. The second kappa shape index (κ2) is 3.14. The van der Waals surface area contributed by atoms with Crippen LogP contribution in [-0.2, 0) is 6.54 Å². The molecule has 1 aromatic rings. The van der Waals surface area contributed by atoms with Crippen LogP contribution in [0.2, 0.25) is 0 Å². The van der Waals surface area contributed by atoms with Gasteiger partial charge in [0.05, 0.1) is 12.7 Å². The van der Waals surface area contributed by atoms with E-state index in [-0.39, 0.29) is 0 Å². The Morgan fingerprint density at radius 2 is 2.40 bits per heavy atom. The van der Waals surface area contributed by atoms with Crippen molar-refractivity contribution >= 4 is 15.9 Å². The Balaban J connectivity index is 2.58. The van der Waals surface area contributed by atoms with Gasteiger partial charge in [-0.3, -0.25) is 0 Å². The van der Waals surface area contributed by atoms with E-state index in [1.54, 1.807) is 11.0 Å². The van der Waals surface area contributed by atoms with E-state index >= 15 is 0 Å². The Morgan fingerprint density at radius 1 is 1.70 bits per heavy atom. The van der Waals surface area contributed by atoms with Crippen molar-refractivity contribution in [2.45, 2.75) is 20.4 Å². The molecule has 0 bridgehead atoms. The van der Waals surface area contributed by atoms with E-state index in [0.717, 1.165) is 11.1 Å². The number of hydrogen-bond donors (Lipinski definition) is 0. The van der Waals surface area contributed by atoms with E-state index in [4.69, 9.17) is 0 Å². The number of hydrogen-bond acceptors (Lipinski definition) is 2. The summed E-state index contributed by atoms with van der Waals surface area (Å²) >= 11 is 3.23. The van der Waals surface area contributed by atoms with Crippen LogP contribution < -0.4 is 0 Å². The molecule has 10 heavy (non-hydrogen) atoms. The number of aromatic nitrogens is 3. The molecule has 4 heteroatoms. The van der Waals surface area contributed by atoms with Gasteiger partial charge in [-0.1, -0.05) is 13.8 Å². The van der Waals surface area contributed by atoms with Crippen molar-refractivity contribution < 1.29 is 0 Å². The molecule has 1 heterocycles. The molecule has 0 saturated heterocycles. The van der Waals surface area contributed by atoms with Crippen LogP contribution >= 0.6 is 15.9 Å². The summed E-state index contributed by atoms with van der Waals surface area (Å²) in [5.74, 6) is 0.597. The van der Waals surface area contributed by atoms with Crippen molar-refractivity contribution in [1.29, 1.82) is 0 Å². The van der Waals surface area contributed by atoms with E-state index < -0.39 is 0 Å². The lowest BCUT2D eigenvalue weighted by molar-refractivity contribution is 0.436. The lowest BCUT2D eigenvalue weighted by Gasteiger charge is -2.00. The van der Waals surface area contributed by atoms with Crippen LogP contribution in [0.5, 0.6) is 0 Å². The van der Waals surface area contributed by atoms with Gasteiger partial charge in [0.25, 0.3) is 0 Å². The molecule has 0 spiro atoms. The highest BCUT2D eigenvalue weighted by molar-refractivity contribution is 9.10. The summed E-state index contributed by atoms with van der Waals surface area (Å²) in [4.78, 5) is 1.69. The van der Waals surface area contributed by atoms with Gasteiger partial charge in [0, 0.05) is 0 Å². The molecule has 0 N–H and O–H groups in total. The maximum Gasteiger partial charge on any atom is 0.148 e. The van der Waals surface area contributed by atoms with E-state index in [0.29, 0.717) is 5.92 Å². The smallest absolute Gasteiger partial charge is 0.148 e. The van der Waals surface area contributed by atoms with E-state index in [2.05, 4.69) is 40.0 Å². The van der Waals surface area contributed by atoms with Crippen molar-refractivity contribution in [2.75, 3.05) is 0 Å². The first-order valence-electron chi connectivity index (χ1n) is 3.24. The van der Waals surface area contributed by atoms with Crippen LogP contribution in [-0.4, -0.2) is 15.0 Å². The molecule has 0 aliphatic carbocycles. The summed E-state index contributed by atoms with van der Waals surface area (Å²) in [6.45, 7) is 5.15. The number of rotatable bonds is 2. The highest BCUT2D eigenvalue weighted by atomic mass is 79.9. The molecule has 0 saturated carbocycles. The molecule has 0 aliphatic heterocycles. The highest BCUT2D eigenvalue weighted by Gasteiger charge is 1.98. The zero-order valence-corrected chi connectivity index (χ0v) is 7.67. The van der Waals surface area contributed by atoms with Crippen molar-refractivity contribution in [1.82, 2.24) is 15.0 Å². The predicted octanol–water partition coefficient (Wildman–Crippen LogP) is 1.70. The third-order valence-electron chi connectivity index (χ3n) is 1.04. The monoisotopic (exact) mass is 203 g/mol. The first kappa shape index (κ1) is 7.72. The van der Waals surface area contributed by atoms with Gasteiger partial charge < -0.3 is 0 Å². The molecule has 3 nitrogen and oxygen atoms in total. The van der Waals surface area contributed by atoms with Gasteiger partial charge in [0.1, 0.15) is 4.60 Å². The predicted molar refractivity (Wildman–Crippen MR) is 42.6 cm³/mol. The summed E-state index contributed by atoms with van der Waals surface area (Å²) in [5, 5.41) is 8.09. The van der Waals surface area contributed by atoms with Crippen LogP contribution in [0.25, 0.3) is 0 Å². The minimum absolute atomic E-state index is 0.597. The van der Waals surface area contributed by atoms with E-state index in [1.165, 1.54) is 0 Å². The topological polar surface area (TPSA) is 30.7 Å². The van der Waals surface area contributed by atoms with Crippen molar-refractivity contribution in [2.24, 2.45) is 5.92 Å². The second-order valence-electron chi connectivity index (χ2n) is 2.62.